The van der Waals surface area contributed by atoms with E-state index in [-0.39, 0.29) is 23.8 Å². The van der Waals surface area contributed by atoms with Crippen LogP contribution >= 0.6 is 0 Å². The van der Waals surface area contributed by atoms with Crippen LogP contribution in [0.15, 0.2) is 26.4 Å². The lowest BCUT2D eigenvalue weighted by Gasteiger charge is -2.06. The Balaban J connectivity index is 2.02. The van der Waals surface area contributed by atoms with Crippen LogP contribution in [0.1, 0.15) is 30.6 Å². The molecule has 2 heterocycles. The van der Waals surface area contributed by atoms with Crippen molar-refractivity contribution in [2.45, 2.75) is 32.4 Å². The van der Waals surface area contributed by atoms with E-state index in [1.807, 2.05) is 0 Å². The number of nitrogens with zero attached hydrogens (tertiary/aromatic N) is 4. The Morgan fingerprint density at radius 2 is 2.22 bits per heavy atom. The molecule has 3 rings (SSSR count). The van der Waals surface area contributed by atoms with Crippen molar-refractivity contribution in [1.82, 2.24) is 19.3 Å². The van der Waals surface area contributed by atoms with Crippen molar-refractivity contribution in [3.63, 3.8) is 0 Å². The Bertz CT molecular complexity index is 693. The zero-order chi connectivity index (χ0) is 12.7. The maximum atomic E-state index is 12.1. The molecule has 0 aromatic carbocycles. The molecule has 1 aliphatic rings. The van der Waals surface area contributed by atoms with Crippen LogP contribution in [0.25, 0.3) is 0 Å². The molecule has 0 amide bonds. The first-order chi connectivity index (χ1) is 8.65. The Kier molecular flexibility index (Phi) is 2.39. The second-order valence-electron chi connectivity index (χ2n) is 4.39. The molecule has 18 heavy (non-hydrogen) atoms. The quantitative estimate of drug-likeness (QED) is 0.768. The summed E-state index contributed by atoms with van der Waals surface area (Å²) in [4.78, 5) is 27.8. The van der Waals surface area contributed by atoms with Crippen LogP contribution in [0.2, 0.25) is 0 Å². The van der Waals surface area contributed by atoms with Gasteiger partial charge in [0.15, 0.2) is 5.82 Å². The van der Waals surface area contributed by atoms with E-state index in [9.17, 15) is 9.59 Å². The van der Waals surface area contributed by atoms with Gasteiger partial charge in [-0.2, -0.15) is 4.98 Å². The molecule has 0 saturated heterocycles. The number of aryl methyl sites for hydroxylation is 1. The van der Waals surface area contributed by atoms with Gasteiger partial charge in [0.25, 0.3) is 5.56 Å². The summed E-state index contributed by atoms with van der Waals surface area (Å²) in [5.74, 6) is 0.747. The fourth-order valence-electron chi connectivity index (χ4n) is 1.85. The molecule has 1 aliphatic carbocycles. The third-order valence-corrected chi connectivity index (χ3v) is 2.90. The number of aromatic nitrogens is 4. The average Bonchev–Trinajstić information content (AvgIpc) is 3.08. The van der Waals surface area contributed by atoms with Gasteiger partial charge in [-0.25, -0.2) is 4.79 Å². The van der Waals surface area contributed by atoms with Gasteiger partial charge < -0.3 is 4.52 Å². The molecule has 7 heteroatoms. The number of rotatable bonds is 3. The minimum Gasteiger partial charge on any atom is -0.340 e. The topological polar surface area (TPSA) is 82.9 Å². The van der Waals surface area contributed by atoms with Crippen LogP contribution in [0.3, 0.4) is 0 Å². The highest BCUT2D eigenvalue weighted by Crippen LogP contribution is 2.32. The summed E-state index contributed by atoms with van der Waals surface area (Å²) in [6, 6.07) is 1.63. The first-order valence-corrected chi connectivity index (χ1v) is 5.76. The highest BCUT2D eigenvalue weighted by molar-refractivity contribution is 4.95. The van der Waals surface area contributed by atoms with Crippen molar-refractivity contribution in [3.05, 3.63) is 44.8 Å². The van der Waals surface area contributed by atoms with Crippen LogP contribution in [0.5, 0.6) is 0 Å². The molecule has 0 radical (unpaired) electrons. The van der Waals surface area contributed by atoms with Gasteiger partial charge in [0.05, 0.1) is 6.54 Å². The lowest BCUT2D eigenvalue weighted by Crippen LogP contribution is -2.39. The summed E-state index contributed by atoms with van der Waals surface area (Å²) in [6.07, 6.45) is 3.53. The van der Waals surface area contributed by atoms with Crippen molar-refractivity contribution >= 4 is 0 Å². The number of hydrogen-bond acceptors (Lipinski definition) is 5. The summed E-state index contributed by atoms with van der Waals surface area (Å²) >= 11 is 0. The van der Waals surface area contributed by atoms with Crippen LogP contribution in [0, 0.1) is 6.92 Å². The second-order valence-corrected chi connectivity index (χ2v) is 4.39. The first kappa shape index (κ1) is 10.9. The molecule has 0 unspecified atom stereocenters. The second kappa shape index (κ2) is 3.94. The number of hydrogen-bond donors (Lipinski definition) is 0. The Labute approximate surface area is 102 Å². The van der Waals surface area contributed by atoms with Crippen LogP contribution in [0.4, 0.5) is 0 Å². The van der Waals surface area contributed by atoms with Gasteiger partial charge >= 0.3 is 5.69 Å². The fourth-order valence-corrected chi connectivity index (χ4v) is 1.85. The van der Waals surface area contributed by atoms with E-state index in [1.54, 1.807) is 17.7 Å². The predicted octanol–water partition coefficient (Wildman–Crippen LogP) is 0.0846. The van der Waals surface area contributed by atoms with Crippen molar-refractivity contribution in [3.8, 4) is 0 Å². The molecule has 94 valence electrons. The summed E-state index contributed by atoms with van der Waals surface area (Å²) in [6.45, 7) is 1.70. The highest BCUT2D eigenvalue weighted by atomic mass is 16.5. The smallest absolute Gasteiger partial charge is 0.331 e. The summed E-state index contributed by atoms with van der Waals surface area (Å²) < 4.78 is 7.54. The zero-order valence-corrected chi connectivity index (χ0v) is 9.87. The van der Waals surface area contributed by atoms with Gasteiger partial charge in [-0.05, 0) is 12.8 Å². The molecule has 0 N–H and O–H groups in total. The van der Waals surface area contributed by atoms with Gasteiger partial charge in [-0.3, -0.25) is 13.9 Å². The van der Waals surface area contributed by atoms with E-state index < -0.39 is 0 Å². The maximum absolute atomic E-state index is 12.1. The van der Waals surface area contributed by atoms with E-state index >= 15 is 0 Å². The highest BCUT2D eigenvalue weighted by Gasteiger charge is 2.25. The Hall–Kier alpha value is -2.18. The summed E-state index contributed by atoms with van der Waals surface area (Å²) in [5, 5.41) is 3.69. The van der Waals surface area contributed by atoms with Crippen molar-refractivity contribution in [2.24, 2.45) is 0 Å². The van der Waals surface area contributed by atoms with Crippen molar-refractivity contribution in [1.29, 1.82) is 0 Å². The van der Waals surface area contributed by atoms with Gasteiger partial charge in [0, 0.05) is 25.2 Å². The van der Waals surface area contributed by atoms with E-state index in [0.717, 1.165) is 17.4 Å². The standard InChI is InChI=1S/C11H12N4O3/c1-7-12-9(13-18-7)6-15-10(16)4-5-14(11(15)17)8-2-3-8/h4-5,8H,2-3,6H2,1H3. The third-order valence-electron chi connectivity index (χ3n) is 2.90. The van der Waals surface area contributed by atoms with Crippen LogP contribution < -0.4 is 11.2 Å². The fraction of sp³-hybridized carbons (Fsp3) is 0.455. The molecule has 0 spiro atoms. The molecule has 1 saturated carbocycles. The maximum Gasteiger partial charge on any atom is 0.331 e. The van der Waals surface area contributed by atoms with Gasteiger partial charge in [0.2, 0.25) is 5.89 Å². The molecule has 7 nitrogen and oxygen atoms in total. The normalized spacial score (nSPS) is 14.9. The molecular formula is C11H12N4O3. The minimum absolute atomic E-state index is 0.0442. The molecular weight excluding hydrogens is 236 g/mol. The van der Waals surface area contributed by atoms with E-state index in [1.165, 1.54) is 6.07 Å². The average molecular weight is 248 g/mol. The first-order valence-electron chi connectivity index (χ1n) is 5.76. The van der Waals surface area contributed by atoms with Crippen LogP contribution in [-0.4, -0.2) is 19.3 Å². The van der Waals surface area contributed by atoms with Gasteiger partial charge in [-0.1, -0.05) is 5.16 Å². The zero-order valence-electron chi connectivity index (χ0n) is 9.87. The van der Waals surface area contributed by atoms with E-state index in [2.05, 4.69) is 10.1 Å². The van der Waals surface area contributed by atoms with Crippen molar-refractivity contribution < 1.29 is 4.52 Å². The Morgan fingerprint density at radius 3 is 2.83 bits per heavy atom. The summed E-state index contributed by atoms with van der Waals surface area (Å²) in [5.41, 5.74) is -0.660. The summed E-state index contributed by atoms with van der Waals surface area (Å²) in [7, 11) is 0. The lowest BCUT2D eigenvalue weighted by atomic mass is 10.5. The van der Waals surface area contributed by atoms with Crippen LogP contribution in [-0.2, 0) is 6.54 Å². The largest absolute Gasteiger partial charge is 0.340 e. The van der Waals surface area contributed by atoms with Gasteiger partial charge in [0.1, 0.15) is 0 Å². The molecule has 2 aromatic rings. The van der Waals surface area contributed by atoms with E-state index in [4.69, 9.17) is 4.52 Å². The third kappa shape index (κ3) is 1.87. The molecule has 2 aromatic heterocycles. The SMILES string of the molecule is Cc1nc(Cn2c(=O)ccn(C3CC3)c2=O)no1. The van der Waals surface area contributed by atoms with E-state index in [0.29, 0.717) is 11.7 Å². The predicted molar refractivity (Wildman–Crippen MR) is 61.4 cm³/mol. The van der Waals surface area contributed by atoms with Gasteiger partial charge in [-0.15, -0.1) is 0 Å². The minimum atomic E-state index is -0.348. The molecule has 0 aliphatic heterocycles. The monoisotopic (exact) mass is 248 g/mol. The Morgan fingerprint density at radius 1 is 1.44 bits per heavy atom. The molecule has 1 fully saturated rings. The van der Waals surface area contributed by atoms with Crippen molar-refractivity contribution in [2.75, 3.05) is 0 Å². The molecule has 0 bridgehead atoms. The lowest BCUT2D eigenvalue weighted by molar-refractivity contribution is 0.385. The molecule has 0 atom stereocenters.